The second kappa shape index (κ2) is 12.4. The minimum absolute atomic E-state index is 0.207. The van der Waals surface area contributed by atoms with E-state index >= 15 is 0 Å². The summed E-state index contributed by atoms with van der Waals surface area (Å²) in [6.07, 6.45) is 5.28. The Morgan fingerprint density at radius 3 is 2.48 bits per heavy atom. The fraction of sp³-hybridized carbons (Fsp3) is 0.353. The van der Waals surface area contributed by atoms with Gasteiger partial charge in [0.1, 0.15) is 32.0 Å². The van der Waals surface area contributed by atoms with E-state index < -0.39 is 5.97 Å². The summed E-state index contributed by atoms with van der Waals surface area (Å²) in [7, 11) is 2.98. The van der Waals surface area contributed by atoms with Crippen LogP contribution < -0.4 is 9.62 Å². The second-order valence-corrected chi connectivity index (χ2v) is 4.30. The number of ether oxygens (including phenoxy) is 5. The van der Waals surface area contributed by atoms with E-state index in [2.05, 4.69) is 0 Å². The van der Waals surface area contributed by atoms with Crippen LogP contribution in [-0.4, -0.2) is 40.0 Å². The maximum absolute atomic E-state index is 11.8. The Kier molecular flexibility index (Phi) is 9.93. The van der Waals surface area contributed by atoms with Crippen molar-refractivity contribution in [2.45, 2.75) is 6.92 Å². The van der Waals surface area contributed by atoms with Crippen molar-refractivity contribution in [2.24, 2.45) is 0 Å². The minimum atomic E-state index is -0.473. The Morgan fingerprint density at radius 2 is 1.76 bits per heavy atom. The molecule has 8 nitrogen and oxygen atoms in total. The summed E-state index contributed by atoms with van der Waals surface area (Å²) in [6.45, 7) is 2.54. The van der Waals surface area contributed by atoms with Gasteiger partial charge in [-0.3, -0.25) is 9.78 Å². The number of carbonyl (C=O) groups excluding carboxylic acids is 1. The predicted octanol–water partition coefficient (Wildman–Crippen LogP) is 2.80. The van der Waals surface area contributed by atoms with Crippen molar-refractivity contribution in [3.05, 3.63) is 48.8 Å². The molecule has 0 unspecified atom stereocenters. The Labute approximate surface area is 146 Å². The van der Waals surface area contributed by atoms with E-state index in [1.165, 1.54) is 45.3 Å². The monoisotopic (exact) mass is 354 g/mol. The number of hydrogen-bond acceptors (Lipinski definition) is 8. The van der Waals surface area contributed by atoms with Crippen molar-refractivity contribution in [3.63, 3.8) is 0 Å². The zero-order valence-corrected chi connectivity index (χ0v) is 14.4. The standard InChI is InChI=1S/C17H22O8/c1-4-22-17(18)14-5-6-15(23-11-10-21-9-7-19-2)16(13-14)25-24-12-8-20-3/h5-9,12-13H,4,10-11H2,1-3H3/b9-7+,12-8+. The van der Waals surface area contributed by atoms with Crippen molar-refractivity contribution in [1.82, 2.24) is 0 Å². The molecule has 138 valence electrons. The zero-order chi connectivity index (χ0) is 18.3. The number of carbonyl (C=O) groups is 1. The molecule has 8 heteroatoms. The number of esters is 1. The highest BCUT2D eigenvalue weighted by Gasteiger charge is 2.13. The van der Waals surface area contributed by atoms with Crippen LogP contribution in [0.1, 0.15) is 17.3 Å². The van der Waals surface area contributed by atoms with Gasteiger partial charge >= 0.3 is 5.97 Å². The fourth-order valence-electron chi connectivity index (χ4n) is 1.55. The van der Waals surface area contributed by atoms with Crippen LogP contribution >= 0.6 is 0 Å². The highest BCUT2D eigenvalue weighted by molar-refractivity contribution is 5.90. The normalized spacial score (nSPS) is 10.5. The lowest BCUT2D eigenvalue weighted by atomic mass is 10.2. The Hall–Kier alpha value is -3.03. The maximum atomic E-state index is 11.8. The highest BCUT2D eigenvalue weighted by atomic mass is 17.2. The van der Waals surface area contributed by atoms with Gasteiger partial charge in [-0.05, 0) is 19.1 Å². The first-order valence-corrected chi connectivity index (χ1v) is 7.47. The van der Waals surface area contributed by atoms with Crippen LogP contribution in [0.5, 0.6) is 11.5 Å². The van der Waals surface area contributed by atoms with E-state index in [0.717, 1.165) is 0 Å². The smallest absolute Gasteiger partial charge is 0.338 e. The minimum Gasteiger partial charge on any atom is -0.501 e. The van der Waals surface area contributed by atoms with Gasteiger partial charge in [-0.1, -0.05) is 0 Å². The largest absolute Gasteiger partial charge is 0.501 e. The number of rotatable bonds is 12. The van der Waals surface area contributed by atoms with Gasteiger partial charge in [0.15, 0.2) is 12.0 Å². The third-order valence-corrected chi connectivity index (χ3v) is 2.59. The summed E-state index contributed by atoms with van der Waals surface area (Å²) in [5.74, 6) is 0.108. The topological polar surface area (TPSA) is 81.7 Å². The lowest BCUT2D eigenvalue weighted by molar-refractivity contribution is -0.152. The Bertz CT molecular complexity index is 568. The average molecular weight is 354 g/mol. The van der Waals surface area contributed by atoms with Crippen LogP contribution in [0.2, 0.25) is 0 Å². The van der Waals surface area contributed by atoms with E-state index in [0.29, 0.717) is 17.9 Å². The molecule has 0 aromatic heterocycles. The molecule has 0 atom stereocenters. The van der Waals surface area contributed by atoms with Gasteiger partial charge in [0.05, 0.1) is 26.4 Å². The number of hydrogen-bond donors (Lipinski definition) is 0. The van der Waals surface area contributed by atoms with Gasteiger partial charge in [-0.2, -0.15) is 0 Å². The molecule has 0 saturated carbocycles. The molecule has 0 fully saturated rings. The predicted molar refractivity (Wildman–Crippen MR) is 87.9 cm³/mol. The van der Waals surface area contributed by atoms with E-state index in [1.807, 2.05) is 0 Å². The fourth-order valence-corrected chi connectivity index (χ4v) is 1.55. The molecule has 0 aliphatic heterocycles. The molecule has 1 aromatic carbocycles. The van der Waals surface area contributed by atoms with E-state index in [4.69, 9.17) is 33.5 Å². The molecule has 1 rings (SSSR count). The molecule has 0 radical (unpaired) electrons. The molecule has 1 aromatic rings. The van der Waals surface area contributed by atoms with E-state index in [9.17, 15) is 4.79 Å². The lowest BCUT2D eigenvalue weighted by Gasteiger charge is -2.12. The van der Waals surface area contributed by atoms with Crippen molar-refractivity contribution in [3.8, 4) is 11.5 Å². The third-order valence-electron chi connectivity index (χ3n) is 2.59. The van der Waals surface area contributed by atoms with Crippen LogP contribution in [0.15, 0.2) is 43.2 Å². The summed E-state index contributed by atoms with van der Waals surface area (Å²) in [5.41, 5.74) is 0.308. The highest BCUT2D eigenvalue weighted by Crippen LogP contribution is 2.29. The van der Waals surface area contributed by atoms with Crippen LogP contribution in [0.25, 0.3) is 0 Å². The molecule has 0 aliphatic carbocycles. The third kappa shape index (κ3) is 7.87. The van der Waals surface area contributed by atoms with Crippen LogP contribution in [0, 0.1) is 0 Å². The molecule has 25 heavy (non-hydrogen) atoms. The van der Waals surface area contributed by atoms with Gasteiger partial charge in [-0.15, -0.1) is 0 Å². The van der Waals surface area contributed by atoms with Crippen molar-refractivity contribution in [1.29, 1.82) is 0 Å². The molecule has 0 amide bonds. The van der Waals surface area contributed by atoms with Gasteiger partial charge in [0.25, 0.3) is 0 Å². The van der Waals surface area contributed by atoms with Crippen LogP contribution in [0.4, 0.5) is 0 Å². The lowest BCUT2D eigenvalue weighted by Crippen LogP contribution is -2.08. The first-order valence-electron chi connectivity index (χ1n) is 7.47. The summed E-state index contributed by atoms with van der Waals surface area (Å²) in [6, 6.07) is 4.60. The number of benzene rings is 1. The summed E-state index contributed by atoms with van der Waals surface area (Å²) >= 11 is 0. The van der Waals surface area contributed by atoms with Crippen molar-refractivity contribution < 1.29 is 38.3 Å². The van der Waals surface area contributed by atoms with Crippen molar-refractivity contribution >= 4 is 5.97 Å². The Morgan fingerprint density at radius 1 is 1.00 bits per heavy atom. The quantitative estimate of drug-likeness (QED) is 0.186. The average Bonchev–Trinajstić information content (AvgIpc) is 2.62. The first-order chi connectivity index (χ1) is 12.2. The van der Waals surface area contributed by atoms with E-state index in [-0.39, 0.29) is 19.0 Å². The van der Waals surface area contributed by atoms with Gasteiger partial charge in [0.2, 0.25) is 5.75 Å². The molecule has 0 N–H and O–H groups in total. The molecule has 0 spiro atoms. The Balaban J connectivity index is 2.73. The molecule has 0 bridgehead atoms. The molecule has 0 aliphatic rings. The summed E-state index contributed by atoms with van der Waals surface area (Å²) in [4.78, 5) is 21.8. The first kappa shape index (κ1) is 20.0. The molecular weight excluding hydrogens is 332 g/mol. The summed E-state index contributed by atoms with van der Waals surface area (Å²) < 4.78 is 25.0. The van der Waals surface area contributed by atoms with Gasteiger partial charge in [-0.25, -0.2) is 4.79 Å². The van der Waals surface area contributed by atoms with Crippen LogP contribution in [-0.2, 0) is 23.8 Å². The van der Waals surface area contributed by atoms with Crippen molar-refractivity contribution in [2.75, 3.05) is 34.0 Å². The van der Waals surface area contributed by atoms with Gasteiger partial charge < -0.3 is 23.7 Å². The van der Waals surface area contributed by atoms with Crippen LogP contribution in [0.3, 0.4) is 0 Å². The van der Waals surface area contributed by atoms with Gasteiger partial charge in [0, 0.05) is 6.07 Å². The maximum Gasteiger partial charge on any atom is 0.338 e. The molecule has 0 saturated heterocycles. The zero-order valence-electron chi connectivity index (χ0n) is 14.4. The summed E-state index contributed by atoms with van der Waals surface area (Å²) in [5, 5.41) is 0. The second-order valence-electron chi connectivity index (χ2n) is 4.30. The molecule has 0 heterocycles. The van der Waals surface area contributed by atoms with E-state index in [1.54, 1.807) is 19.1 Å². The number of methoxy groups -OCH3 is 2. The SMILES string of the molecule is CCOC(=O)c1ccc(OCCO/C=C/OC)c(OO/C=C/OC)c1. The molecular formula is C17H22O8.